The third-order valence-electron chi connectivity index (χ3n) is 2.71. The first-order chi connectivity index (χ1) is 9.40. The Morgan fingerprint density at radius 1 is 1.65 bits per heavy atom. The summed E-state index contributed by atoms with van der Waals surface area (Å²) in [5.74, 6) is 4.47. The topological polar surface area (TPSA) is 125 Å². The normalized spacial score (nSPS) is 11.3. The molecule has 106 valence electrons. The minimum atomic E-state index is -0.621. The molecule has 1 atom stereocenters. The van der Waals surface area contributed by atoms with Gasteiger partial charge in [-0.3, -0.25) is 20.8 Å². The Morgan fingerprint density at radius 3 is 2.80 bits per heavy atom. The Morgan fingerprint density at radius 2 is 2.30 bits per heavy atom. The summed E-state index contributed by atoms with van der Waals surface area (Å²) in [7, 11) is 1.54. The Labute approximate surface area is 115 Å². The van der Waals surface area contributed by atoms with E-state index in [4.69, 9.17) is 11.1 Å². The van der Waals surface area contributed by atoms with Gasteiger partial charge in [-0.15, -0.1) is 0 Å². The van der Waals surface area contributed by atoms with Crippen LogP contribution >= 0.6 is 0 Å². The van der Waals surface area contributed by atoms with Gasteiger partial charge < -0.3 is 10.3 Å². The molecule has 1 aromatic rings. The molecule has 1 rings (SSSR count). The van der Waals surface area contributed by atoms with Gasteiger partial charge >= 0.3 is 0 Å². The van der Waals surface area contributed by atoms with Crippen LogP contribution in [0.2, 0.25) is 0 Å². The first-order valence-electron chi connectivity index (χ1n) is 5.80. The van der Waals surface area contributed by atoms with Crippen molar-refractivity contribution in [1.29, 1.82) is 5.26 Å². The molecule has 8 heteroatoms. The molecule has 1 unspecified atom stereocenters. The molecule has 0 spiro atoms. The average molecular weight is 277 g/mol. The predicted molar refractivity (Wildman–Crippen MR) is 72.6 cm³/mol. The van der Waals surface area contributed by atoms with Crippen LogP contribution in [0, 0.1) is 27.4 Å². The maximum atomic E-state index is 12.1. The summed E-state index contributed by atoms with van der Waals surface area (Å²) in [4.78, 5) is 23.7. The fourth-order valence-electron chi connectivity index (χ4n) is 1.69. The lowest BCUT2D eigenvalue weighted by molar-refractivity contribution is -0.384. The van der Waals surface area contributed by atoms with E-state index in [2.05, 4.69) is 5.43 Å². The maximum absolute atomic E-state index is 12.1. The van der Waals surface area contributed by atoms with Gasteiger partial charge in [0.25, 0.3) is 11.6 Å². The summed E-state index contributed by atoms with van der Waals surface area (Å²) in [5, 5.41) is 19.6. The molecular formula is C12H15N5O3. The maximum Gasteiger partial charge on any atom is 0.294 e. The van der Waals surface area contributed by atoms with Gasteiger partial charge in [-0.1, -0.05) is 0 Å². The highest BCUT2D eigenvalue weighted by molar-refractivity contribution is 5.95. The van der Waals surface area contributed by atoms with E-state index >= 15 is 0 Å². The average Bonchev–Trinajstić information content (AvgIpc) is 2.45. The minimum Gasteiger partial charge on any atom is -0.340 e. The van der Waals surface area contributed by atoms with E-state index in [1.54, 1.807) is 6.92 Å². The van der Waals surface area contributed by atoms with Crippen LogP contribution in [0.25, 0.3) is 0 Å². The van der Waals surface area contributed by atoms with Gasteiger partial charge in [0.15, 0.2) is 0 Å². The fraction of sp³-hybridized carbons (Fsp3) is 0.333. The molecule has 20 heavy (non-hydrogen) atoms. The van der Waals surface area contributed by atoms with E-state index in [0.717, 1.165) is 6.07 Å². The van der Waals surface area contributed by atoms with Crippen LogP contribution < -0.4 is 11.3 Å². The predicted octanol–water partition coefficient (Wildman–Crippen LogP) is 1.11. The summed E-state index contributed by atoms with van der Waals surface area (Å²) in [5.41, 5.74) is 2.22. The second-order valence-electron chi connectivity index (χ2n) is 4.35. The van der Waals surface area contributed by atoms with Crippen molar-refractivity contribution in [3.63, 3.8) is 0 Å². The van der Waals surface area contributed by atoms with Gasteiger partial charge in [0.1, 0.15) is 5.69 Å². The van der Waals surface area contributed by atoms with Gasteiger partial charge in [0, 0.05) is 25.2 Å². The lowest BCUT2D eigenvalue weighted by Gasteiger charge is -2.18. The lowest BCUT2D eigenvalue weighted by Crippen LogP contribution is -2.30. The number of hydrazine groups is 1. The van der Waals surface area contributed by atoms with Crippen molar-refractivity contribution in [3.8, 4) is 6.07 Å². The van der Waals surface area contributed by atoms with Gasteiger partial charge in [-0.25, -0.2) is 0 Å². The van der Waals surface area contributed by atoms with E-state index in [1.165, 1.54) is 24.1 Å². The first kappa shape index (κ1) is 15.4. The van der Waals surface area contributed by atoms with E-state index in [1.807, 2.05) is 6.07 Å². The summed E-state index contributed by atoms with van der Waals surface area (Å²) >= 11 is 0. The van der Waals surface area contributed by atoms with Crippen molar-refractivity contribution in [2.75, 3.05) is 19.0 Å². The third-order valence-corrected chi connectivity index (χ3v) is 2.71. The third kappa shape index (κ3) is 3.43. The van der Waals surface area contributed by atoms with Crippen LogP contribution in [0.4, 0.5) is 11.4 Å². The molecule has 1 amide bonds. The number of nitro groups is 1. The fourth-order valence-corrected chi connectivity index (χ4v) is 1.69. The quantitative estimate of drug-likeness (QED) is 0.471. The zero-order valence-corrected chi connectivity index (χ0v) is 11.2. The number of nitrogens with two attached hydrogens (primary N) is 1. The Bertz CT molecular complexity index is 567. The molecule has 0 aromatic heterocycles. The molecule has 0 aliphatic carbocycles. The number of nitrogens with one attached hydrogen (secondary N) is 1. The second kappa shape index (κ2) is 6.49. The Hall–Kier alpha value is -2.66. The van der Waals surface area contributed by atoms with Crippen molar-refractivity contribution in [2.45, 2.75) is 6.92 Å². The summed E-state index contributed by atoms with van der Waals surface area (Å²) < 4.78 is 0. The van der Waals surface area contributed by atoms with Crippen LogP contribution in [0.5, 0.6) is 0 Å². The van der Waals surface area contributed by atoms with Crippen LogP contribution in [0.15, 0.2) is 18.2 Å². The van der Waals surface area contributed by atoms with Crippen molar-refractivity contribution in [2.24, 2.45) is 11.8 Å². The molecule has 8 nitrogen and oxygen atoms in total. The zero-order chi connectivity index (χ0) is 15.3. The Balaban J connectivity index is 3.03. The second-order valence-corrected chi connectivity index (χ2v) is 4.35. The van der Waals surface area contributed by atoms with Crippen LogP contribution in [0.3, 0.4) is 0 Å². The van der Waals surface area contributed by atoms with Gasteiger partial charge in [-0.2, -0.15) is 5.26 Å². The SMILES string of the molecule is CC(C#N)CN(C)C(=O)c1ccc(NN)c([N+](=O)[O-])c1. The van der Waals surface area contributed by atoms with Gasteiger partial charge in [0.05, 0.1) is 16.9 Å². The van der Waals surface area contributed by atoms with Crippen LogP contribution in [-0.2, 0) is 0 Å². The number of nitriles is 1. The van der Waals surface area contributed by atoms with E-state index < -0.39 is 10.8 Å². The number of anilines is 1. The molecule has 0 fully saturated rings. The largest absolute Gasteiger partial charge is 0.340 e. The summed E-state index contributed by atoms with van der Waals surface area (Å²) in [6.07, 6.45) is 0. The number of nitrogen functional groups attached to an aromatic ring is 1. The monoisotopic (exact) mass is 277 g/mol. The minimum absolute atomic E-state index is 0.125. The van der Waals surface area contributed by atoms with Gasteiger partial charge in [-0.05, 0) is 19.1 Å². The number of hydrogen-bond acceptors (Lipinski definition) is 6. The van der Waals surface area contributed by atoms with Crippen LogP contribution in [-0.4, -0.2) is 29.3 Å². The molecule has 3 N–H and O–H groups in total. The van der Waals surface area contributed by atoms with Crippen molar-refractivity contribution in [3.05, 3.63) is 33.9 Å². The van der Waals surface area contributed by atoms with E-state index in [-0.39, 0.29) is 29.4 Å². The van der Waals surface area contributed by atoms with Crippen LogP contribution in [0.1, 0.15) is 17.3 Å². The first-order valence-corrected chi connectivity index (χ1v) is 5.80. The highest BCUT2D eigenvalue weighted by atomic mass is 16.6. The molecule has 0 heterocycles. The Kier molecular flexibility index (Phi) is 5.00. The number of amides is 1. The number of rotatable bonds is 5. The smallest absolute Gasteiger partial charge is 0.294 e. The number of carbonyl (C=O) groups excluding carboxylic acids is 1. The number of nitro benzene ring substituents is 1. The number of hydrogen-bond donors (Lipinski definition) is 2. The van der Waals surface area contributed by atoms with Crippen molar-refractivity contribution < 1.29 is 9.72 Å². The summed E-state index contributed by atoms with van der Waals surface area (Å²) in [6, 6.07) is 5.99. The molecule has 0 saturated carbocycles. The molecule has 0 bridgehead atoms. The van der Waals surface area contributed by atoms with E-state index in [0.29, 0.717) is 0 Å². The number of carbonyl (C=O) groups is 1. The number of nitrogens with zero attached hydrogens (tertiary/aromatic N) is 3. The van der Waals surface area contributed by atoms with E-state index in [9.17, 15) is 14.9 Å². The molecule has 0 radical (unpaired) electrons. The summed E-state index contributed by atoms with van der Waals surface area (Å²) in [6.45, 7) is 1.94. The molecule has 0 saturated heterocycles. The standard InChI is InChI=1S/C12H15N5O3/c1-8(6-13)7-16(2)12(18)9-3-4-10(15-14)11(5-9)17(19)20/h3-5,8,15H,7,14H2,1-2H3. The molecule has 1 aromatic carbocycles. The van der Waals surface area contributed by atoms with Gasteiger partial charge in [0.2, 0.25) is 0 Å². The molecule has 0 aliphatic rings. The van der Waals surface area contributed by atoms with Crippen molar-refractivity contribution >= 4 is 17.3 Å². The number of benzene rings is 1. The molecule has 0 aliphatic heterocycles. The zero-order valence-electron chi connectivity index (χ0n) is 11.2. The molecular weight excluding hydrogens is 262 g/mol. The van der Waals surface area contributed by atoms with Crippen molar-refractivity contribution in [1.82, 2.24) is 4.90 Å². The lowest BCUT2D eigenvalue weighted by atomic mass is 10.1. The highest BCUT2D eigenvalue weighted by Gasteiger charge is 2.20. The highest BCUT2D eigenvalue weighted by Crippen LogP contribution is 2.25.